The summed E-state index contributed by atoms with van der Waals surface area (Å²) in [5.41, 5.74) is 7.27. The second-order valence-electron chi connectivity index (χ2n) is 6.98. The molecule has 2 aromatic carbocycles. The number of nitrogens with two attached hydrogens (primary N) is 1. The normalized spacial score (nSPS) is 12.7. The first-order valence-electron chi connectivity index (χ1n) is 9.65. The van der Waals surface area contributed by atoms with Gasteiger partial charge in [-0.3, -0.25) is 9.59 Å². The van der Waals surface area contributed by atoms with E-state index in [0.717, 1.165) is 16.0 Å². The molecule has 0 unspecified atom stereocenters. The van der Waals surface area contributed by atoms with Crippen LogP contribution in [0.1, 0.15) is 16.0 Å². The number of anilines is 1. The Morgan fingerprint density at radius 1 is 1.03 bits per heavy atom. The van der Waals surface area contributed by atoms with Gasteiger partial charge in [0.2, 0.25) is 11.8 Å². The highest BCUT2D eigenvalue weighted by Crippen LogP contribution is 2.15. The molecule has 0 fully saturated rings. The molecule has 3 rings (SSSR count). The third-order valence-corrected chi connectivity index (χ3v) is 5.65. The molecule has 162 valence electrons. The van der Waals surface area contributed by atoms with Crippen LogP contribution in [0.4, 0.5) is 5.13 Å². The molecule has 1 heterocycles. The second kappa shape index (κ2) is 10.9. The number of nitrogens with zero attached hydrogens (tertiary/aromatic N) is 1. The van der Waals surface area contributed by atoms with E-state index in [0.29, 0.717) is 10.2 Å². The maximum Gasteiger partial charge on any atom is 0.249 e. The fourth-order valence-corrected chi connectivity index (χ4v) is 3.72. The summed E-state index contributed by atoms with van der Waals surface area (Å²) in [5.74, 6) is -0.984. The van der Waals surface area contributed by atoms with E-state index in [2.05, 4.69) is 15.6 Å². The van der Waals surface area contributed by atoms with Gasteiger partial charge in [0.1, 0.15) is 12.1 Å². The summed E-state index contributed by atoms with van der Waals surface area (Å²) in [5, 5.41) is 16.8. The van der Waals surface area contributed by atoms with E-state index in [1.807, 2.05) is 30.3 Å². The van der Waals surface area contributed by atoms with Gasteiger partial charge in [-0.25, -0.2) is 4.98 Å². The summed E-state index contributed by atoms with van der Waals surface area (Å²) in [6.45, 7) is 0.243. The Balaban J connectivity index is 1.66. The number of aromatic nitrogens is 1. The van der Waals surface area contributed by atoms with E-state index >= 15 is 0 Å². The Bertz CT molecular complexity index is 1010. The smallest absolute Gasteiger partial charge is 0.249 e. The van der Waals surface area contributed by atoms with Crippen molar-refractivity contribution in [1.82, 2.24) is 15.6 Å². The molecule has 0 aliphatic heterocycles. The molecule has 0 bridgehead atoms. The van der Waals surface area contributed by atoms with Crippen LogP contribution in [0.15, 0.2) is 60.8 Å². The zero-order valence-electron chi connectivity index (χ0n) is 16.6. The van der Waals surface area contributed by atoms with Gasteiger partial charge in [-0.1, -0.05) is 54.1 Å². The van der Waals surface area contributed by atoms with Crippen molar-refractivity contribution in [3.63, 3.8) is 0 Å². The highest BCUT2D eigenvalue weighted by molar-refractivity contribution is 7.15. The maximum absolute atomic E-state index is 12.8. The number of carbonyl (C=O) groups excluding carboxylic acids is 2. The van der Waals surface area contributed by atoms with Gasteiger partial charge in [0, 0.05) is 28.9 Å². The molecular formula is C22H23ClN4O3S. The third kappa shape index (κ3) is 7.06. The number of thiazole rings is 1. The molecule has 5 N–H and O–H groups in total. The van der Waals surface area contributed by atoms with Crippen molar-refractivity contribution in [2.45, 2.75) is 31.5 Å². The van der Waals surface area contributed by atoms with Crippen molar-refractivity contribution in [3.8, 4) is 0 Å². The molecule has 0 saturated carbocycles. The van der Waals surface area contributed by atoms with E-state index in [1.54, 1.807) is 30.5 Å². The number of amides is 2. The number of aliphatic hydroxyl groups is 1. The maximum atomic E-state index is 12.8. The fraction of sp³-hybridized carbons (Fsp3) is 0.227. The van der Waals surface area contributed by atoms with Crippen LogP contribution in [-0.4, -0.2) is 34.1 Å². The Kier molecular flexibility index (Phi) is 8.00. The lowest BCUT2D eigenvalue weighted by atomic mass is 10.0. The quantitative estimate of drug-likeness (QED) is 0.392. The molecule has 1 aromatic heterocycles. The molecule has 9 heteroatoms. The number of benzene rings is 2. The Morgan fingerprint density at radius 2 is 1.71 bits per heavy atom. The number of hydrogen-bond acceptors (Lipinski definition) is 6. The first-order valence-corrected chi connectivity index (χ1v) is 10.8. The fourth-order valence-electron chi connectivity index (χ4n) is 2.97. The lowest BCUT2D eigenvalue weighted by molar-refractivity contribution is -0.134. The molecule has 0 spiro atoms. The van der Waals surface area contributed by atoms with Crippen LogP contribution in [0, 0.1) is 0 Å². The Hall–Kier alpha value is -2.94. The monoisotopic (exact) mass is 458 g/mol. The van der Waals surface area contributed by atoms with Gasteiger partial charge in [0.05, 0.1) is 6.54 Å². The van der Waals surface area contributed by atoms with Gasteiger partial charge in [-0.05, 0) is 23.3 Å². The molecule has 3 aromatic rings. The molecular weight excluding hydrogens is 436 g/mol. The van der Waals surface area contributed by atoms with Crippen molar-refractivity contribution in [3.05, 3.63) is 81.8 Å². The highest BCUT2D eigenvalue weighted by Gasteiger charge is 2.25. The molecule has 2 amide bonds. The topological polar surface area (TPSA) is 117 Å². The molecule has 0 radical (unpaired) electrons. The van der Waals surface area contributed by atoms with Gasteiger partial charge < -0.3 is 21.5 Å². The van der Waals surface area contributed by atoms with Crippen molar-refractivity contribution < 1.29 is 14.7 Å². The minimum atomic E-state index is -1.27. The largest absolute Gasteiger partial charge is 0.383 e. The molecule has 0 saturated heterocycles. The van der Waals surface area contributed by atoms with Gasteiger partial charge in [0.25, 0.3) is 0 Å². The van der Waals surface area contributed by atoms with Crippen LogP contribution in [0.2, 0.25) is 5.02 Å². The van der Waals surface area contributed by atoms with E-state index in [4.69, 9.17) is 17.3 Å². The molecule has 7 nitrogen and oxygen atoms in total. The summed E-state index contributed by atoms with van der Waals surface area (Å²) in [6.07, 6.45) is 0.723. The van der Waals surface area contributed by atoms with Crippen LogP contribution in [-0.2, 0) is 29.0 Å². The van der Waals surface area contributed by atoms with E-state index in [-0.39, 0.29) is 25.3 Å². The molecule has 2 atom stereocenters. The third-order valence-electron chi connectivity index (χ3n) is 4.57. The van der Waals surface area contributed by atoms with Crippen LogP contribution < -0.4 is 16.4 Å². The number of hydrogen-bond donors (Lipinski definition) is 4. The molecule has 0 aliphatic rings. The van der Waals surface area contributed by atoms with Gasteiger partial charge in [-0.15, -0.1) is 11.3 Å². The molecule has 0 aliphatic carbocycles. The van der Waals surface area contributed by atoms with Crippen molar-refractivity contribution in [1.29, 1.82) is 0 Å². The minimum absolute atomic E-state index is 0.155. The summed E-state index contributed by atoms with van der Waals surface area (Å²) in [4.78, 5) is 30.2. The number of rotatable bonds is 9. The number of nitrogen functional groups attached to an aromatic ring is 1. The first kappa shape index (κ1) is 22.7. The lowest BCUT2D eigenvalue weighted by Crippen LogP contribution is -2.51. The zero-order chi connectivity index (χ0) is 22.2. The van der Waals surface area contributed by atoms with Crippen molar-refractivity contribution in [2.24, 2.45) is 0 Å². The van der Waals surface area contributed by atoms with Crippen molar-refractivity contribution >= 4 is 39.9 Å². The summed E-state index contributed by atoms with van der Waals surface area (Å²) in [6, 6.07) is 15.3. The average molecular weight is 459 g/mol. The van der Waals surface area contributed by atoms with E-state index in [9.17, 15) is 14.7 Å². The highest BCUT2D eigenvalue weighted by atomic mass is 35.5. The lowest BCUT2D eigenvalue weighted by Gasteiger charge is -2.20. The average Bonchev–Trinajstić information content (AvgIpc) is 3.18. The number of aliphatic hydroxyl groups excluding tert-OH is 1. The number of halogens is 1. The van der Waals surface area contributed by atoms with Gasteiger partial charge >= 0.3 is 0 Å². The Labute approximate surface area is 189 Å². The van der Waals surface area contributed by atoms with Crippen LogP contribution >= 0.6 is 22.9 Å². The summed E-state index contributed by atoms with van der Waals surface area (Å²) < 4.78 is 0. The van der Waals surface area contributed by atoms with Gasteiger partial charge in [0.15, 0.2) is 5.13 Å². The van der Waals surface area contributed by atoms with Crippen LogP contribution in [0.5, 0.6) is 0 Å². The van der Waals surface area contributed by atoms with Crippen LogP contribution in [0.25, 0.3) is 0 Å². The zero-order valence-corrected chi connectivity index (χ0v) is 18.2. The van der Waals surface area contributed by atoms with Gasteiger partial charge in [-0.2, -0.15) is 0 Å². The minimum Gasteiger partial charge on any atom is -0.383 e. The predicted octanol–water partition coefficient (Wildman–Crippen LogP) is 2.33. The van der Waals surface area contributed by atoms with Crippen molar-refractivity contribution in [2.75, 3.05) is 5.73 Å². The summed E-state index contributed by atoms with van der Waals surface area (Å²) >= 11 is 7.21. The number of carbonyl (C=O) groups is 2. The predicted molar refractivity (Wildman–Crippen MR) is 122 cm³/mol. The standard InChI is InChI=1S/C22H23ClN4O3S/c23-16-8-6-15(7-9-16)10-18(20(29)25-12-17-13-26-22(24)31-17)27-21(30)19(28)11-14-4-2-1-3-5-14/h1-9,13,18-19,28H,10-12H2,(H2,24,26)(H,25,29)(H,27,30)/t18-,19+/m0/s1. The first-order chi connectivity index (χ1) is 14.9. The number of nitrogens with one attached hydrogen (secondary N) is 2. The van der Waals surface area contributed by atoms with Crippen LogP contribution in [0.3, 0.4) is 0 Å². The Morgan fingerprint density at radius 3 is 2.35 bits per heavy atom. The summed E-state index contributed by atoms with van der Waals surface area (Å²) in [7, 11) is 0. The van der Waals surface area contributed by atoms with E-state index in [1.165, 1.54) is 11.3 Å². The van der Waals surface area contributed by atoms with E-state index < -0.39 is 18.1 Å². The molecule has 31 heavy (non-hydrogen) atoms. The SMILES string of the molecule is Nc1ncc(CNC(=O)[C@H](Cc2ccc(Cl)cc2)NC(=O)[C@H](O)Cc2ccccc2)s1. The second-order valence-corrected chi connectivity index (χ2v) is 8.56.